The molecule has 0 bridgehead atoms. The van der Waals surface area contributed by atoms with Crippen molar-refractivity contribution in [2.45, 2.75) is 19.3 Å². The van der Waals surface area contributed by atoms with Crippen molar-refractivity contribution in [2.24, 2.45) is 10.9 Å². The van der Waals surface area contributed by atoms with Crippen LogP contribution in [0, 0.1) is 5.92 Å². The van der Waals surface area contributed by atoms with Gasteiger partial charge in [0.1, 0.15) is 0 Å². The number of nitrogens with one attached hydrogen (secondary N) is 1. The molecule has 0 radical (unpaired) electrons. The van der Waals surface area contributed by atoms with E-state index in [1.807, 2.05) is 13.1 Å². The van der Waals surface area contributed by atoms with Crippen molar-refractivity contribution in [3.8, 4) is 0 Å². The lowest BCUT2D eigenvalue weighted by molar-refractivity contribution is 0.157. The van der Waals surface area contributed by atoms with Crippen molar-refractivity contribution in [1.82, 2.24) is 15.2 Å². The van der Waals surface area contributed by atoms with Gasteiger partial charge in [0.25, 0.3) is 0 Å². The predicted molar refractivity (Wildman–Crippen MR) is 101 cm³/mol. The second-order valence-electron chi connectivity index (χ2n) is 6.21. The molecule has 2 aromatic rings. The SMILES string of the molecule is CN=C(NCCCc1nc2ccccc2s1)N1CCC(COC)C1. The number of hydrogen-bond donors (Lipinski definition) is 1. The highest BCUT2D eigenvalue weighted by Gasteiger charge is 2.24. The number of para-hydroxylation sites is 1. The summed E-state index contributed by atoms with van der Waals surface area (Å²) in [4.78, 5) is 11.4. The molecule has 1 N–H and O–H groups in total. The zero-order chi connectivity index (χ0) is 16.8. The number of benzene rings is 1. The first-order chi connectivity index (χ1) is 11.8. The molecule has 5 nitrogen and oxygen atoms in total. The fraction of sp³-hybridized carbons (Fsp3) is 0.556. The van der Waals surface area contributed by atoms with Gasteiger partial charge in [0.15, 0.2) is 5.96 Å². The Bertz CT molecular complexity index is 651. The van der Waals surface area contributed by atoms with Crippen molar-refractivity contribution in [2.75, 3.05) is 40.4 Å². The molecule has 1 atom stereocenters. The summed E-state index contributed by atoms with van der Waals surface area (Å²) in [5, 5.41) is 4.71. The molecule has 0 amide bonds. The van der Waals surface area contributed by atoms with E-state index < -0.39 is 0 Å². The molecule has 0 aliphatic carbocycles. The van der Waals surface area contributed by atoms with Crippen molar-refractivity contribution in [3.63, 3.8) is 0 Å². The quantitative estimate of drug-likeness (QED) is 0.496. The van der Waals surface area contributed by atoms with E-state index in [0.717, 1.165) is 50.6 Å². The topological polar surface area (TPSA) is 49.8 Å². The van der Waals surface area contributed by atoms with Crippen LogP contribution in [-0.4, -0.2) is 56.2 Å². The lowest BCUT2D eigenvalue weighted by atomic mass is 10.1. The average molecular weight is 347 g/mol. The smallest absolute Gasteiger partial charge is 0.193 e. The number of thiazole rings is 1. The molecule has 1 aromatic heterocycles. The lowest BCUT2D eigenvalue weighted by Crippen LogP contribution is -2.40. The largest absolute Gasteiger partial charge is 0.384 e. The Morgan fingerprint density at radius 3 is 3.12 bits per heavy atom. The Labute approximate surface area is 147 Å². The Balaban J connectivity index is 1.43. The van der Waals surface area contributed by atoms with E-state index in [-0.39, 0.29) is 0 Å². The first-order valence-corrected chi connectivity index (χ1v) is 9.40. The number of methoxy groups -OCH3 is 1. The lowest BCUT2D eigenvalue weighted by Gasteiger charge is -2.21. The molecule has 1 aliphatic heterocycles. The molecule has 24 heavy (non-hydrogen) atoms. The molecule has 3 rings (SSSR count). The zero-order valence-electron chi connectivity index (χ0n) is 14.5. The molecule has 0 saturated carbocycles. The van der Waals surface area contributed by atoms with Crippen LogP contribution in [0.25, 0.3) is 10.2 Å². The molecule has 2 heterocycles. The monoisotopic (exact) mass is 346 g/mol. The molecule has 1 saturated heterocycles. The number of guanidine groups is 1. The van der Waals surface area contributed by atoms with Crippen molar-refractivity contribution < 1.29 is 4.74 Å². The van der Waals surface area contributed by atoms with Crippen LogP contribution in [0.2, 0.25) is 0 Å². The fourth-order valence-electron chi connectivity index (χ4n) is 3.20. The highest BCUT2D eigenvalue weighted by atomic mass is 32.1. The molecular formula is C18H26N4OS. The first-order valence-electron chi connectivity index (χ1n) is 8.59. The number of fused-ring (bicyclic) bond motifs is 1. The number of aliphatic imine (C=N–C) groups is 1. The summed E-state index contributed by atoms with van der Waals surface area (Å²) in [6.07, 6.45) is 3.25. The fourth-order valence-corrected chi connectivity index (χ4v) is 4.20. The Hall–Kier alpha value is -1.66. The molecule has 0 spiro atoms. The van der Waals surface area contributed by atoms with Crippen LogP contribution >= 0.6 is 11.3 Å². The summed E-state index contributed by atoms with van der Waals surface area (Å²) in [6.45, 7) is 3.86. The van der Waals surface area contributed by atoms with Gasteiger partial charge in [-0.15, -0.1) is 11.3 Å². The highest BCUT2D eigenvalue weighted by Crippen LogP contribution is 2.22. The van der Waals surface area contributed by atoms with Crippen LogP contribution in [0.4, 0.5) is 0 Å². The van der Waals surface area contributed by atoms with E-state index in [1.165, 1.54) is 16.1 Å². The van der Waals surface area contributed by atoms with Crippen LogP contribution in [0.3, 0.4) is 0 Å². The summed E-state index contributed by atoms with van der Waals surface area (Å²) < 4.78 is 6.54. The highest BCUT2D eigenvalue weighted by molar-refractivity contribution is 7.18. The summed E-state index contributed by atoms with van der Waals surface area (Å²) in [5.41, 5.74) is 1.11. The number of rotatable bonds is 6. The van der Waals surface area contributed by atoms with Gasteiger partial charge in [-0.3, -0.25) is 4.99 Å². The van der Waals surface area contributed by atoms with Gasteiger partial charge in [-0.05, 0) is 25.0 Å². The van der Waals surface area contributed by atoms with Gasteiger partial charge < -0.3 is 15.0 Å². The maximum absolute atomic E-state index is 5.27. The van der Waals surface area contributed by atoms with Crippen LogP contribution in [0.15, 0.2) is 29.3 Å². The van der Waals surface area contributed by atoms with E-state index in [1.54, 1.807) is 18.4 Å². The minimum absolute atomic E-state index is 0.622. The summed E-state index contributed by atoms with van der Waals surface area (Å²) in [5.74, 6) is 1.63. The van der Waals surface area contributed by atoms with E-state index in [2.05, 4.69) is 33.4 Å². The summed E-state index contributed by atoms with van der Waals surface area (Å²) in [6, 6.07) is 8.34. The number of ether oxygens (including phenoxy) is 1. The first kappa shape index (κ1) is 17.2. The van der Waals surface area contributed by atoms with Crippen LogP contribution in [0.1, 0.15) is 17.8 Å². The van der Waals surface area contributed by atoms with E-state index in [0.29, 0.717) is 5.92 Å². The van der Waals surface area contributed by atoms with Crippen molar-refractivity contribution in [1.29, 1.82) is 0 Å². The van der Waals surface area contributed by atoms with E-state index >= 15 is 0 Å². The minimum Gasteiger partial charge on any atom is -0.384 e. The van der Waals surface area contributed by atoms with Crippen LogP contribution in [0.5, 0.6) is 0 Å². The van der Waals surface area contributed by atoms with Gasteiger partial charge in [-0.2, -0.15) is 0 Å². The maximum atomic E-state index is 5.27. The van der Waals surface area contributed by atoms with Gasteiger partial charge in [-0.25, -0.2) is 4.98 Å². The molecular weight excluding hydrogens is 320 g/mol. The van der Waals surface area contributed by atoms with E-state index in [9.17, 15) is 0 Å². The standard InChI is InChI=1S/C18H26N4OS/c1-19-18(22-11-9-14(12-22)13-23-2)20-10-5-8-17-21-15-6-3-4-7-16(15)24-17/h3-4,6-7,14H,5,8-13H2,1-2H3,(H,19,20). The summed E-state index contributed by atoms with van der Waals surface area (Å²) >= 11 is 1.80. The Morgan fingerprint density at radius 2 is 2.33 bits per heavy atom. The van der Waals surface area contributed by atoms with Gasteiger partial charge >= 0.3 is 0 Å². The predicted octanol–water partition coefficient (Wildman–Crippen LogP) is 2.77. The van der Waals surface area contributed by atoms with Crippen molar-refractivity contribution >= 4 is 27.5 Å². The molecule has 6 heteroatoms. The number of aromatic nitrogens is 1. The van der Waals surface area contributed by atoms with Crippen molar-refractivity contribution in [3.05, 3.63) is 29.3 Å². The second-order valence-corrected chi connectivity index (χ2v) is 7.32. The third-order valence-electron chi connectivity index (χ3n) is 4.39. The van der Waals surface area contributed by atoms with E-state index in [4.69, 9.17) is 9.72 Å². The number of nitrogens with zero attached hydrogens (tertiary/aromatic N) is 3. The van der Waals surface area contributed by atoms with Gasteiger partial charge in [0.2, 0.25) is 0 Å². The molecule has 1 fully saturated rings. The molecule has 1 aromatic carbocycles. The Morgan fingerprint density at radius 1 is 1.46 bits per heavy atom. The zero-order valence-corrected chi connectivity index (χ0v) is 15.3. The third-order valence-corrected chi connectivity index (χ3v) is 5.48. The molecule has 1 unspecified atom stereocenters. The number of likely N-dealkylation sites (tertiary alicyclic amines) is 1. The third kappa shape index (κ3) is 4.24. The van der Waals surface area contributed by atoms with Gasteiger partial charge in [-0.1, -0.05) is 12.1 Å². The second kappa shape index (κ2) is 8.44. The maximum Gasteiger partial charge on any atom is 0.193 e. The minimum atomic E-state index is 0.622. The number of hydrogen-bond acceptors (Lipinski definition) is 4. The Kier molecular flexibility index (Phi) is 6.04. The summed E-state index contributed by atoms with van der Waals surface area (Å²) in [7, 11) is 3.64. The van der Waals surface area contributed by atoms with Crippen LogP contribution < -0.4 is 5.32 Å². The van der Waals surface area contributed by atoms with Gasteiger partial charge in [0, 0.05) is 46.1 Å². The molecule has 1 aliphatic rings. The normalized spacial score (nSPS) is 18.5. The average Bonchev–Trinajstić information content (AvgIpc) is 3.21. The number of aryl methyl sites for hydroxylation is 1. The van der Waals surface area contributed by atoms with Gasteiger partial charge in [0.05, 0.1) is 21.8 Å². The van der Waals surface area contributed by atoms with Crippen LogP contribution in [-0.2, 0) is 11.2 Å². The molecule has 130 valence electrons.